The van der Waals surface area contributed by atoms with Gasteiger partial charge in [0.15, 0.2) is 5.78 Å². The molecule has 0 radical (unpaired) electrons. The molecule has 0 amide bonds. The number of hydrogen-bond donors (Lipinski definition) is 0. The van der Waals surface area contributed by atoms with Crippen molar-refractivity contribution in [3.8, 4) is 11.5 Å². The van der Waals surface area contributed by atoms with Gasteiger partial charge in [-0.15, -0.1) is 0 Å². The lowest BCUT2D eigenvalue weighted by atomic mass is 9.68. The smallest absolute Gasteiger partial charge is 0.170 e. The Morgan fingerprint density at radius 2 is 1.85 bits per heavy atom. The minimum Gasteiger partial charge on any atom is -0.497 e. The first-order valence-corrected chi connectivity index (χ1v) is 7.33. The molecule has 0 N–H and O–H groups in total. The zero-order valence-corrected chi connectivity index (χ0v) is 12.5. The Kier molecular flexibility index (Phi) is 3.03. The maximum Gasteiger partial charge on any atom is 0.170 e. The summed E-state index contributed by atoms with van der Waals surface area (Å²) in [6.07, 6.45) is 4.68. The molecule has 1 fully saturated rings. The van der Waals surface area contributed by atoms with E-state index < -0.39 is 0 Å². The number of ether oxygens (including phenoxy) is 2. The van der Waals surface area contributed by atoms with Crippen LogP contribution in [0.1, 0.15) is 56.3 Å². The van der Waals surface area contributed by atoms with E-state index in [0.717, 1.165) is 31.4 Å². The average molecular weight is 274 g/mol. The van der Waals surface area contributed by atoms with E-state index in [9.17, 15) is 4.79 Å². The molecule has 1 heterocycles. The standard InChI is InChI=1S/C17H22O3/c1-16(2)6-8-17(9-7-16)11-14(18)13-10-12(19-3)4-5-15(13)20-17/h4-5,10H,6-9,11H2,1-3H3. The van der Waals surface area contributed by atoms with Gasteiger partial charge < -0.3 is 9.47 Å². The van der Waals surface area contributed by atoms with Gasteiger partial charge in [-0.05, 0) is 49.3 Å². The molecule has 2 aliphatic rings. The third kappa shape index (κ3) is 2.30. The number of Topliss-reactive ketones (excluding diaryl/α,β-unsaturated/α-hetero) is 1. The second kappa shape index (κ2) is 4.51. The van der Waals surface area contributed by atoms with Gasteiger partial charge >= 0.3 is 0 Å². The van der Waals surface area contributed by atoms with Crippen molar-refractivity contribution in [3.63, 3.8) is 0 Å². The van der Waals surface area contributed by atoms with E-state index in [2.05, 4.69) is 13.8 Å². The molecule has 1 aliphatic carbocycles. The van der Waals surface area contributed by atoms with Crippen molar-refractivity contribution in [2.45, 2.75) is 51.6 Å². The topological polar surface area (TPSA) is 35.5 Å². The summed E-state index contributed by atoms with van der Waals surface area (Å²) < 4.78 is 11.4. The van der Waals surface area contributed by atoms with Crippen LogP contribution < -0.4 is 9.47 Å². The second-order valence-electron chi connectivity index (χ2n) is 6.91. The number of fused-ring (bicyclic) bond motifs is 1. The molecule has 0 saturated heterocycles. The maximum absolute atomic E-state index is 12.5. The summed E-state index contributed by atoms with van der Waals surface area (Å²) >= 11 is 0. The van der Waals surface area contributed by atoms with Gasteiger partial charge in [-0.1, -0.05) is 13.8 Å². The van der Waals surface area contributed by atoms with E-state index in [1.807, 2.05) is 12.1 Å². The molecule has 3 heteroatoms. The summed E-state index contributed by atoms with van der Waals surface area (Å²) in [5.74, 6) is 1.62. The van der Waals surface area contributed by atoms with Crippen LogP contribution in [0.2, 0.25) is 0 Å². The van der Waals surface area contributed by atoms with Crippen molar-refractivity contribution >= 4 is 5.78 Å². The largest absolute Gasteiger partial charge is 0.497 e. The minimum atomic E-state index is -0.270. The van der Waals surface area contributed by atoms with E-state index in [0.29, 0.717) is 23.1 Å². The highest BCUT2D eigenvalue weighted by Crippen LogP contribution is 2.47. The number of carbonyl (C=O) groups is 1. The monoisotopic (exact) mass is 274 g/mol. The first-order chi connectivity index (χ1) is 9.43. The Hall–Kier alpha value is -1.51. The number of rotatable bonds is 1. The first kappa shape index (κ1) is 13.5. The number of benzene rings is 1. The molecule has 3 nitrogen and oxygen atoms in total. The zero-order chi connectivity index (χ0) is 14.4. The zero-order valence-electron chi connectivity index (χ0n) is 12.5. The molecule has 0 bridgehead atoms. The number of carbonyl (C=O) groups excluding carboxylic acids is 1. The molecule has 0 unspecified atom stereocenters. The van der Waals surface area contributed by atoms with Gasteiger partial charge in [-0.2, -0.15) is 0 Å². The third-order valence-electron chi connectivity index (χ3n) is 4.81. The van der Waals surface area contributed by atoms with E-state index in [-0.39, 0.29) is 11.4 Å². The lowest BCUT2D eigenvalue weighted by molar-refractivity contribution is -0.0130. The molecule has 108 valence electrons. The van der Waals surface area contributed by atoms with Gasteiger partial charge in [0.1, 0.15) is 17.1 Å². The van der Waals surface area contributed by atoms with E-state index >= 15 is 0 Å². The Labute approximate surface area is 120 Å². The summed E-state index contributed by atoms with van der Waals surface area (Å²) in [7, 11) is 1.61. The predicted molar refractivity (Wildman–Crippen MR) is 77.5 cm³/mol. The Morgan fingerprint density at radius 1 is 1.15 bits per heavy atom. The van der Waals surface area contributed by atoms with Crippen LogP contribution in [0.25, 0.3) is 0 Å². The van der Waals surface area contributed by atoms with Crippen molar-refractivity contribution in [2.75, 3.05) is 7.11 Å². The van der Waals surface area contributed by atoms with Crippen molar-refractivity contribution in [1.29, 1.82) is 0 Å². The number of ketones is 1. The molecule has 20 heavy (non-hydrogen) atoms. The molecular weight excluding hydrogens is 252 g/mol. The molecule has 1 spiro atoms. The fourth-order valence-electron chi connectivity index (χ4n) is 3.26. The van der Waals surface area contributed by atoms with Crippen molar-refractivity contribution in [2.24, 2.45) is 5.41 Å². The summed E-state index contributed by atoms with van der Waals surface area (Å²) in [5.41, 5.74) is 0.770. The van der Waals surface area contributed by atoms with Gasteiger partial charge in [0.25, 0.3) is 0 Å². The average Bonchev–Trinajstić information content (AvgIpc) is 2.43. The van der Waals surface area contributed by atoms with Crippen LogP contribution in [-0.2, 0) is 0 Å². The van der Waals surface area contributed by atoms with Gasteiger partial charge in [0.05, 0.1) is 19.1 Å². The summed E-state index contributed by atoms with van der Waals surface area (Å²) in [6.45, 7) is 4.59. The molecule has 0 atom stereocenters. The van der Waals surface area contributed by atoms with Crippen LogP contribution in [0.3, 0.4) is 0 Å². The predicted octanol–water partition coefficient (Wildman–Crippen LogP) is 4.00. The van der Waals surface area contributed by atoms with Crippen LogP contribution >= 0.6 is 0 Å². The van der Waals surface area contributed by atoms with Crippen LogP contribution in [0.4, 0.5) is 0 Å². The second-order valence-corrected chi connectivity index (χ2v) is 6.91. The molecule has 0 aromatic heterocycles. The lowest BCUT2D eigenvalue weighted by Gasteiger charge is -2.45. The number of hydrogen-bond acceptors (Lipinski definition) is 3. The summed E-state index contributed by atoms with van der Waals surface area (Å²) in [5, 5.41) is 0. The fraction of sp³-hybridized carbons (Fsp3) is 0.588. The highest BCUT2D eigenvalue weighted by Gasteiger charge is 2.45. The highest BCUT2D eigenvalue weighted by atomic mass is 16.5. The lowest BCUT2D eigenvalue weighted by Crippen LogP contribution is -2.46. The Balaban J connectivity index is 1.88. The molecule has 1 saturated carbocycles. The molecule has 1 aromatic rings. The molecule has 1 aromatic carbocycles. The van der Waals surface area contributed by atoms with Crippen molar-refractivity contribution in [1.82, 2.24) is 0 Å². The van der Waals surface area contributed by atoms with E-state index in [1.165, 1.54) is 0 Å². The Morgan fingerprint density at radius 3 is 2.50 bits per heavy atom. The SMILES string of the molecule is COc1ccc2c(c1)C(=O)CC1(CCC(C)(C)CC1)O2. The highest BCUT2D eigenvalue weighted by molar-refractivity contribution is 6.00. The Bertz CT molecular complexity index is 535. The molecule has 3 rings (SSSR count). The van der Waals surface area contributed by atoms with Crippen LogP contribution in [0.15, 0.2) is 18.2 Å². The van der Waals surface area contributed by atoms with Gasteiger partial charge in [0, 0.05) is 0 Å². The first-order valence-electron chi connectivity index (χ1n) is 7.33. The maximum atomic E-state index is 12.5. The quantitative estimate of drug-likeness (QED) is 0.776. The van der Waals surface area contributed by atoms with Gasteiger partial charge in [-0.3, -0.25) is 4.79 Å². The van der Waals surface area contributed by atoms with Gasteiger partial charge in [-0.25, -0.2) is 0 Å². The number of methoxy groups -OCH3 is 1. The fourth-order valence-corrected chi connectivity index (χ4v) is 3.26. The molecular formula is C17H22O3. The van der Waals surface area contributed by atoms with Crippen LogP contribution in [0, 0.1) is 5.41 Å². The van der Waals surface area contributed by atoms with E-state index in [1.54, 1.807) is 13.2 Å². The molecule has 1 aliphatic heterocycles. The minimum absolute atomic E-state index is 0.185. The normalized spacial score (nSPS) is 23.1. The third-order valence-corrected chi connectivity index (χ3v) is 4.81. The van der Waals surface area contributed by atoms with Crippen molar-refractivity contribution < 1.29 is 14.3 Å². The summed E-state index contributed by atoms with van der Waals surface area (Å²) in [6, 6.07) is 5.52. The van der Waals surface area contributed by atoms with Crippen molar-refractivity contribution in [3.05, 3.63) is 23.8 Å². The van der Waals surface area contributed by atoms with Gasteiger partial charge in [0.2, 0.25) is 0 Å². The summed E-state index contributed by atoms with van der Waals surface area (Å²) in [4.78, 5) is 12.5. The van der Waals surface area contributed by atoms with Crippen LogP contribution in [0.5, 0.6) is 11.5 Å². The van der Waals surface area contributed by atoms with Crippen LogP contribution in [-0.4, -0.2) is 18.5 Å². The van der Waals surface area contributed by atoms with E-state index in [4.69, 9.17) is 9.47 Å².